The maximum Gasteiger partial charge on any atom is 0.408 e. The number of fused-ring (bicyclic) bond motifs is 3. The third-order valence-corrected chi connectivity index (χ3v) is 8.10. The SMILES string of the molecule is CC(C(=O)O)C1CN(C(=O)C2(NC(=O)OCC3c4ccccc4-c4ccccc43)CCCCC2)C1. The lowest BCUT2D eigenvalue weighted by molar-refractivity contribution is -0.154. The number of hydrogen-bond donors (Lipinski definition) is 2. The summed E-state index contributed by atoms with van der Waals surface area (Å²) in [6.45, 7) is 2.72. The lowest BCUT2D eigenvalue weighted by Crippen LogP contribution is -2.65. The Bertz CT molecular complexity index is 1090. The Kier molecular flexibility index (Phi) is 6.26. The molecule has 35 heavy (non-hydrogen) atoms. The largest absolute Gasteiger partial charge is 0.481 e. The zero-order chi connectivity index (χ0) is 24.6. The van der Waals surface area contributed by atoms with Crippen molar-refractivity contribution in [2.24, 2.45) is 11.8 Å². The van der Waals surface area contributed by atoms with Crippen LogP contribution in [-0.4, -0.2) is 53.2 Å². The van der Waals surface area contributed by atoms with Crippen LogP contribution in [-0.2, 0) is 14.3 Å². The van der Waals surface area contributed by atoms with Gasteiger partial charge in [-0.15, -0.1) is 0 Å². The first kappa shape index (κ1) is 23.4. The normalized spacial score (nSPS) is 19.7. The van der Waals surface area contributed by atoms with Gasteiger partial charge in [-0.3, -0.25) is 9.59 Å². The second-order valence-electron chi connectivity index (χ2n) is 10.2. The van der Waals surface area contributed by atoms with E-state index < -0.39 is 23.5 Å². The fraction of sp³-hybridized carbons (Fsp3) is 0.464. The molecule has 2 aliphatic carbocycles. The first-order valence-electron chi connectivity index (χ1n) is 12.5. The van der Waals surface area contributed by atoms with Gasteiger partial charge in [-0.25, -0.2) is 4.79 Å². The third kappa shape index (κ3) is 4.28. The standard InChI is InChI=1S/C28H32N2O5/c1-18(25(31)32)19-15-30(16-19)26(33)28(13-7-2-8-14-28)29-27(34)35-17-24-22-11-5-3-9-20(22)21-10-4-6-12-23(21)24/h3-6,9-12,18-19,24H,2,7-8,13-17H2,1H3,(H,29,34)(H,31,32). The third-order valence-electron chi connectivity index (χ3n) is 8.10. The predicted molar refractivity (Wildman–Crippen MR) is 131 cm³/mol. The first-order chi connectivity index (χ1) is 16.9. The minimum atomic E-state index is -0.974. The van der Waals surface area contributed by atoms with Gasteiger partial charge in [0.2, 0.25) is 5.91 Å². The minimum Gasteiger partial charge on any atom is -0.481 e. The van der Waals surface area contributed by atoms with Crippen molar-refractivity contribution in [3.8, 4) is 11.1 Å². The molecule has 1 unspecified atom stereocenters. The molecular weight excluding hydrogens is 444 g/mol. The van der Waals surface area contributed by atoms with Crippen LogP contribution in [0.4, 0.5) is 4.79 Å². The zero-order valence-corrected chi connectivity index (χ0v) is 20.0. The molecule has 0 aromatic heterocycles. The Morgan fingerprint density at radius 1 is 1.00 bits per heavy atom. The Hall–Kier alpha value is -3.35. The smallest absolute Gasteiger partial charge is 0.408 e. The van der Waals surface area contributed by atoms with Crippen molar-refractivity contribution >= 4 is 18.0 Å². The van der Waals surface area contributed by atoms with Gasteiger partial charge in [-0.2, -0.15) is 0 Å². The molecule has 2 N–H and O–H groups in total. The molecule has 1 saturated carbocycles. The summed E-state index contributed by atoms with van der Waals surface area (Å²) in [5, 5.41) is 12.2. The number of nitrogens with zero attached hydrogens (tertiary/aromatic N) is 1. The van der Waals surface area contributed by atoms with Gasteiger partial charge in [0.1, 0.15) is 12.1 Å². The van der Waals surface area contributed by atoms with Gasteiger partial charge in [0, 0.05) is 24.9 Å². The number of likely N-dealkylation sites (tertiary alicyclic amines) is 1. The molecule has 2 aromatic carbocycles. The molecule has 184 valence electrons. The molecule has 2 amide bonds. The van der Waals surface area contributed by atoms with Crippen molar-refractivity contribution < 1.29 is 24.2 Å². The van der Waals surface area contributed by atoms with Crippen LogP contribution < -0.4 is 5.32 Å². The fourth-order valence-electron chi connectivity index (χ4n) is 5.88. The fourth-order valence-corrected chi connectivity index (χ4v) is 5.88. The molecule has 2 fully saturated rings. The molecule has 7 nitrogen and oxygen atoms in total. The molecule has 5 rings (SSSR count). The van der Waals surface area contributed by atoms with E-state index in [1.807, 2.05) is 24.3 Å². The Morgan fingerprint density at radius 3 is 2.14 bits per heavy atom. The van der Waals surface area contributed by atoms with Crippen LogP contribution in [0.3, 0.4) is 0 Å². The molecule has 1 heterocycles. The molecule has 1 atom stereocenters. The minimum absolute atomic E-state index is 0.0418. The average molecular weight is 477 g/mol. The second-order valence-corrected chi connectivity index (χ2v) is 10.2. The van der Waals surface area contributed by atoms with Crippen LogP contribution in [0.25, 0.3) is 11.1 Å². The van der Waals surface area contributed by atoms with E-state index in [2.05, 4.69) is 29.6 Å². The Labute approximate surface area is 205 Å². The van der Waals surface area contributed by atoms with Crippen LogP contribution in [0.15, 0.2) is 48.5 Å². The molecule has 0 bridgehead atoms. The van der Waals surface area contributed by atoms with Crippen LogP contribution in [0, 0.1) is 11.8 Å². The van der Waals surface area contributed by atoms with Gasteiger partial charge >= 0.3 is 12.1 Å². The van der Waals surface area contributed by atoms with E-state index >= 15 is 0 Å². The molecule has 2 aromatic rings. The summed E-state index contributed by atoms with van der Waals surface area (Å²) in [5.74, 6) is -1.53. The molecule has 0 spiro atoms. The summed E-state index contributed by atoms with van der Waals surface area (Å²) in [5.41, 5.74) is 3.64. The van der Waals surface area contributed by atoms with Crippen molar-refractivity contribution in [1.29, 1.82) is 0 Å². The number of hydrogen-bond acceptors (Lipinski definition) is 4. The Morgan fingerprint density at radius 2 is 1.57 bits per heavy atom. The number of carboxylic acids is 1. The quantitative estimate of drug-likeness (QED) is 0.644. The summed E-state index contributed by atoms with van der Waals surface area (Å²) in [4.78, 5) is 39.5. The van der Waals surface area contributed by atoms with Gasteiger partial charge in [-0.1, -0.05) is 74.7 Å². The highest BCUT2D eigenvalue weighted by molar-refractivity contribution is 5.91. The van der Waals surface area contributed by atoms with Crippen LogP contribution in [0.1, 0.15) is 56.1 Å². The number of aliphatic carboxylic acids is 1. The molecule has 0 radical (unpaired) electrons. The van der Waals surface area contributed by atoms with Crippen LogP contribution >= 0.6 is 0 Å². The summed E-state index contributed by atoms with van der Waals surface area (Å²) in [6.07, 6.45) is 3.33. The lowest BCUT2D eigenvalue weighted by atomic mass is 9.78. The highest BCUT2D eigenvalue weighted by atomic mass is 16.5. The highest BCUT2D eigenvalue weighted by Gasteiger charge is 2.48. The number of ether oxygens (including phenoxy) is 1. The van der Waals surface area contributed by atoms with E-state index in [-0.39, 0.29) is 24.3 Å². The van der Waals surface area contributed by atoms with E-state index in [1.165, 1.54) is 11.1 Å². The number of carbonyl (C=O) groups is 3. The number of carboxylic acid groups (broad SMARTS) is 1. The maximum atomic E-state index is 13.5. The zero-order valence-electron chi connectivity index (χ0n) is 20.0. The monoisotopic (exact) mass is 476 g/mol. The van der Waals surface area contributed by atoms with Crippen molar-refractivity contribution in [2.45, 2.75) is 50.5 Å². The van der Waals surface area contributed by atoms with Crippen LogP contribution in [0.2, 0.25) is 0 Å². The van der Waals surface area contributed by atoms with Gasteiger partial charge < -0.3 is 20.1 Å². The molecule has 3 aliphatic rings. The van der Waals surface area contributed by atoms with Crippen molar-refractivity contribution in [2.75, 3.05) is 19.7 Å². The number of benzene rings is 2. The molecular formula is C28H32N2O5. The van der Waals surface area contributed by atoms with Crippen LogP contribution in [0.5, 0.6) is 0 Å². The van der Waals surface area contributed by atoms with Crippen molar-refractivity contribution in [3.05, 3.63) is 59.7 Å². The van der Waals surface area contributed by atoms with Gasteiger partial charge in [0.15, 0.2) is 0 Å². The van der Waals surface area contributed by atoms with E-state index in [9.17, 15) is 19.5 Å². The average Bonchev–Trinajstić information content (AvgIpc) is 3.16. The highest BCUT2D eigenvalue weighted by Crippen LogP contribution is 2.44. The Balaban J connectivity index is 1.26. The van der Waals surface area contributed by atoms with E-state index in [0.29, 0.717) is 25.9 Å². The topological polar surface area (TPSA) is 95.9 Å². The van der Waals surface area contributed by atoms with E-state index in [4.69, 9.17) is 4.74 Å². The van der Waals surface area contributed by atoms with E-state index in [0.717, 1.165) is 30.4 Å². The van der Waals surface area contributed by atoms with Crippen molar-refractivity contribution in [3.63, 3.8) is 0 Å². The molecule has 7 heteroatoms. The number of rotatable bonds is 6. The molecule has 1 saturated heterocycles. The summed E-state index contributed by atoms with van der Waals surface area (Å²) >= 11 is 0. The van der Waals surface area contributed by atoms with Gasteiger partial charge in [0.25, 0.3) is 0 Å². The molecule has 1 aliphatic heterocycles. The second kappa shape index (κ2) is 9.36. The number of carbonyl (C=O) groups excluding carboxylic acids is 2. The first-order valence-corrected chi connectivity index (χ1v) is 12.5. The number of amides is 2. The predicted octanol–water partition coefficient (Wildman–Crippen LogP) is 4.41. The number of alkyl carbamates (subject to hydrolysis) is 1. The maximum absolute atomic E-state index is 13.5. The summed E-state index contributed by atoms with van der Waals surface area (Å²) in [6, 6.07) is 16.4. The van der Waals surface area contributed by atoms with Gasteiger partial charge in [-0.05, 0) is 35.1 Å². The van der Waals surface area contributed by atoms with Gasteiger partial charge in [0.05, 0.1) is 5.92 Å². The number of nitrogens with one attached hydrogen (secondary N) is 1. The lowest BCUT2D eigenvalue weighted by Gasteiger charge is -2.47. The van der Waals surface area contributed by atoms with E-state index in [1.54, 1.807) is 11.8 Å². The van der Waals surface area contributed by atoms with Crippen molar-refractivity contribution in [1.82, 2.24) is 10.2 Å². The summed E-state index contributed by atoms with van der Waals surface area (Å²) < 4.78 is 5.74. The summed E-state index contributed by atoms with van der Waals surface area (Å²) in [7, 11) is 0.